The Morgan fingerprint density at radius 3 is 2.49 bits per heavy atom. The largest absolute Gasteiger partial charge is 0.494 e. The van der Waals surface area contributed by atoms with Gasteiger partial charge in [0.15, 0.2) is 0 Å². The number of piperazine rings is 1. The first-order valence-corrected chi connectivity index (χ1v) is 16.4. The minimum absolute atomic E-state index is 0.137. The summed E-state index contributed by atoms with van der Waals surface area (Å²) in [6, 6.07) is 15.4. The van der Waals surface area contributed by atoms with Crippen molar-refractivity contribution in [3.8, 4) is 5.75 Å². The molecule has 0 saturated carbocycles. The fourth-order valence-corrected chi connectivity index (χ4v) is 6.95. The van der Waals surface area contributed by atoms with E-state index in [0.717, 1.165) is 48.7 Å². The molecule has 4 heterocycles. The quantitative estimate of drug-likeness (QED) is 0.346. The molecular formula is C35H46N8O4. The highest BCUT2D eigenvalue weighted by Crippen LogP contribution is 2.39. The molecule has 12 nitrogen and oxygen atoms in total. The van der Waals surface area contributed by atoms with Gasteiger partial charge in [0.05, 0.1) is 19.3 Å². The number of anilines is 4. The molecule has 12 heteroatoms. The van der Waals surface area contributed by atoms with Crippen molar-refractivity contribution >= 4 is 35.3 Å². The van der Waals surface area contributed by atoms with E-state index in [9.17, 15) is 14.7 Å². The summed E-state index contributed by atoms with van der Waals surface area (Å²) in [7, 11) is 3.79. The average Bonchev–Trinajstić information content (AvgIpc) is 3.05. The number of hydrogen-bond donors (Lipinski definition) is 2. The first-order valence-electron chi connectivity index (χ1n) is 16.4. The van der Waals surface area contributed by atoms with Gasteiger partial charge in [-0.25, -0.2) is 14.6 Å². The van der Waals surface area contributed by atoms with Gasteiger partial charge in [-0.2, -0.15) is 4.98 Å². The van der Waals surface area contributed by atoms with E-state index in [2.05, 4.69) is 54.0 Å². The first kappa shape index (κ1) is 32.4. The molecule has 47 heavy (non-hydrogen) atoms. The Kier molecular flexibility index (Phi) is 9.14. The maximum absolute atomic E-state index is 14.4. The minimum atomic E-state index is -0.930. The lowest BCUT2D eigenvalue weighted by molar-refractivity contribution is 0.0520. The highest BCUT2D eigenvalue weighted by Gasteiger charge is 2.44. The lowest BCUT2D eigenvalue weighted by Crippen LogP contribution is -2.59. The Hall–Kier alpha value is -4.58. The summed E-state index contributed by atoms with van der Waals surface area (Å²) in [4.78, 5) is 46.0. The summed E-state index contributed by atoms with van der Waals surface area (Å²) in [6.07, 6.45) is 1.88. The van der Waals surface area contributed by atoms with Crippen LogP contribution in [0, 0.1) is 5.41 Å². The number of rotatable bonds is 7. The van der Waals surface area contributed by atoms with Crippen LogP contribution in [-0.4, -0.2) is 101 Å². The van der Waals surface area contributed by atoms with Crippen LogP contribution in [0.3, 0.4) is 0 Å². The molecule has 2 fully saturated rings. The van der Waals surface area contributed by atoms with Gasteiger partial charge in [0.1, 0.15) is 11.6 Å². The molecule has 3 aromatic rings. The molecule has 2 unspecified atom stereocenters. The van der Waals surface area contributed by atoms with E-state index < -0.39 is 6.09 Å². The fourth-order valence-electron chi connectivity index (χ4n) is 6.95. The maximum atomic E-state index is 14.4. The predicted octanol–water partition coefficient (Wildman–Crippen LogP) is 5.48. The molecule has 3 amide bonds. The third-order valence-electron chi connectivity index (χ3n) is 9.61. The fraction of sp³-hybridized carbons (Fsp3) is 0.486. The number of methoxy groups -OCH3 is 1. The van der Waals surface area contributed by atoms with E-state index in [4.69, 9.17) is 9.72 Å². The molecule has 2 N–H and O–H groups in total. The number of carbonyl (C=O) groups is 2. The Bertz CT molecular complexity index is 1590. The van der Waals surface area contributed by atoms with E-state index >= 15 is 0 Å². The molecule has 3 aliphatic rings. The number of piperidine rings is 1. The zero-order valence-electron chi connectivity index (χ0n) is 28.0. The Morgan fingerprint density at radius 1 is 1.06 bits per heavy atom. The van der Waals surface area contributed by atoms with E-state index in [1.165, 1.54) is 4.90 Å². The molecular weight excluding hydrogens is 596 g/mol. The second-order valence-electron chi connectivity index (χ2n) is 13.9. The van der Waals surface area contributed by atoms with Gasteiger partial charge in [-0.1, -0.05) is 51.1 Å². The molecule has 2 saturated heterocycles. The number of ether oxygens (including phenoxy) is 1. The number of benzene rings is 2. The first-order chi connectivity index (χ1) is 22.5. The lowest BCUT2D eigenvalue weighted by Gasteiger charge is -2.48. The number of carbonyl (C=O) groups excluding carboxylic acids is 1. The highest BCUT2D eigenvalue weighted by molar-refractivity contribution is 5.94. The topological polar surface area (TPSA) is 118 Å². The van der Waals surface area contributed by atoms with Crippen molar-refractivity contribution in [2.24, 2.45) is 5.41 Å². The number of urea groups is 1. The molecule has 6 rings (SSSR count). The number of nitrogens with zero attached hydrogens (tertiary/aromatic N) is 7. The van der Waals surface area contributed by atoms with Crippen molar-refractivity contribution in [2.75, 3.05) is 62.0 Å². The summed E-state index contributed by atoms with van der Waals surface area (Å²) in [5, 5.41) is 13.3. The zero-order valence-corrected chi connectivity index (χ0v) is 28.0. The summed E-state index contributed by atoms with van der Waals surface area (Å²) < 4.78 is 5.78. The number of hydrogen-bond acceptors (Lipinski definition) is 8. The van der Waals surface area contributed by atoms with Crippen molar-refractivity contribution in [3.05, 3.63) is 65.9 Å². The van der Waals surface area contributed by atoms with Gasteiger partial charge in [-0.15, -0.1) is 0 Å². The Morgan fingerprint density at radius 2 is 1.81 bits per heavy atom. The van der Waals surface area contributed by atoms with E-state index in [-0.39, 0.29) is 23.5 Å². The van der Waals surface area contributed by atoms with Crippen molar-refractivity contribution in [3.63, 3.8) is 0 Å². The van der Waals surface area contributed by atoms with Gasteiger partial charge in [-0.3, -0.25) is 4.90 Å². The van der Waals surface area contributed by atoms with Gasteiger partial charge in [0, 0.05) is 74.9 Å². The third-order valence-corrected chi connectivity index (χ3v) is 9.61. The van der Waals surface area contributed by atoms with Crippen LogP contribution in [0.25, 0.3) is 0 Å². The van der Waals surface area contributed by atoms with Crippen LogP contribution < -0.4 is 19.9 Å². The average molecular weight is 643 g/mol. The summed E-state index contributed by atoms with van der Waals surface area (Å²) in [6.45, 7) is 11.2. The molecule has 1 aromatic heterocycles. The summed E-state index contributed by atoms with van der Waals surface area (Å²) >= 11 is 0. The maximum Gasteiger partial charge on any atom is 0.407 e. The van der Waals surface area contributed by atoms with Crippen LogP contribution in [0.5, 0.6) is 5.75 Å². The van der Waals surface area contributed by atoms with Crippen molar-refractivity contribution < 1.29 is 19.4 Å². The highest BCUT2D eigenvalue weighted by atomic mass is 16.5. The number of nitrogens with one attached hydrogen (secondary N) is 1. The predicted molar refractivity (Wildman–Crippen MR) is 183 cm³/mol. The van der Waals surface area contributed by atoms with Crippen LogP contribution in [0.2, 0.25) is 0 Å². The van der Waals surface area contributed by atoms with Gasteiger partial charge in [-0.05, 0) is 43.0 Å². The second-order valence-corrected chi connectivity index (χ2v) is 13.9. The normalized spacial score (nSPS) is 20.7. The Labute approximate surface area is 276 Å². The summed E-state index contributed by atoms with van der Waals surface area (Å²) in [5.41, 5.74) is 3.39. The van der Waals surface area contributed by atoms with Gasteiger partial charge < -0.3 is 34.8 Å². The van der Waals surface area contributed by atoms with Crippen LogP contribution in [0.1, 0.15) is 44.7 Å². The lowest BCUT2D eigenvalue weighted by atomic mass is 9.79. The molecule has 2 aromatic carbocycles. The number of likely N-dealkylation sites (N-methyl/N-ethyl adjacent to an activating group) is 1. The minimum Gasteiger partial charge on any atom is -0.494 e. The summed E-state index contributed by atoms with van der Waals surface area (Å²) in [5.74, 6) is 1.60. The van der Waals surface area contributed by atoms with E-state index in [1.807, 2.05) is 47.4 Å². The van der Waals surface area contributed by atoms with Gasteiger partial charge in [0.2, 0.25) is 5.95 Å². The molecule has 0 bridgehead atoms. The van der Waals surface area contributed by atoms with Crippen molar-refractivity contribution in [2.45, 2.75) is 58.8 Å². The zero-order chi connectivity index (χ0) is 33.3. The van der Waals surface area contributed by atoms with Crippen LogP contribution in [-0.2, 0) is 13.1 Å². The van der Waals surface area contributed by atoms with E-state index in [1.54, 1.807) is 18.2 Å². The van der Waals surface area contributed by atoms with Gasteiger partial charge in [0.25, 0.3) is 0 Å². The van der Waals surface area contributed by atoms with Crippen LogP contribution >= 0.6 is 0 Å². The molecule has 0 radical (unpaired) electrons. The van der Waals surface area contributed by atoms with Crippen molar-refractivity contribution in [1.29, 1.82) is 0 Å². The second kappa shape index (κ2) is 13.3. The molecule has 250 valence electrons. The van der Waals surface area contributed by atoms with E-state index in [0.29, 0.717) is 50.0 Å². The van der Waals surface area contributed by atoms with Crippen LogP contribution in [0.4, 0.5) is 32.7 Å². The SMILES string of the molecule is COc1cc(N2CCN(C)CC2)ccc1Nc1ncc2c(n1)N(C1CCN(C(=O)O)C(C(C)(C)C)C1)C(=O)N(Cc1ccccc1)C2. The molecule has 0 aliphatic carbocycles. The molecule has 2 atom stereocenters. The number of aromatic nitrogens is 2. The molecule has 3 aliphatic heterocycles. The monoisotopic (exact) mass is 642 g/mol. The number of carboxylic acid groups (broad SMARTS) is 1. The standard InChI is InChI=1S/C35H46N8O4/c1-35(2,3)30-20-27(13-14-42(30)34(45)46)43-31-25(23-41(33(43)44)22-24-9-7-6-8-10-24)21-36-32(38-31)37-28-12-11-26(19-29(28)47-5)40-17-15-39(4)16-18-40/h6-12,19,21,27,30H,13-18,20,22-23H2,1-5H3,(H,45,46)(H,36,37,38). The number of likely N-dealkylation sites (tertiary alicyclic amines) is 1. The number of fused-ring (bicyclic) bond motifs is 1. The smallest absolute Gasteiger partial charge is 0.407 e. The van der Waals surface area contributed by atoms with Crippen molar-refractivity contribution in [1.82, 2.24) is 24.7 Å². The third kappa shape index (κ3) is 6.92. The molecule has 0 spiro atoms. The number of amides is 3. The van der Waals surface area contributed by atoms with Crippen LogP contribution in [0.15, 0.2) is 54.7 Å². The van der Waals surface area contributed by atoms with Gasteiger partial charge >= 0.3 is 12.1 Å². The Balaban J connectivity index is 1.31.